The Morgan fingerprint density at radius 2 is 2.14 bits per heavy atom. The first kappa shape index (κ1) is 17.8. The molecule has 0 atom stereocenters. The minimum absolute atomic E-state index is 0.113. The van der Waals surface area contributed by atoms with Crippen molar-refractivity contribution in [1.29, 1.82) is 0 Å². The summed E-state index contributed by atoms with van der Waals surface area (Å²) in [6.45, 7) is 0. The van der Waals surface area contributed by atoms with Crippen LogP contribution in [0.1, 0.15) is 12.3 Å². The number of aromatic nitrogens is 4. The van der Waals surface area contributed by atoms with Gasteiger partial charge in [-0.1, -0.05) is 6.07 Å². The van der Waals surface area contributed by atoms with Gasteiger partial charge in [0.2, 0.25) is 17.7 Å². The summed E-state index contributed by atoms with van der Waals surface area (Å²) in [5.41, 5.74) is 3.35. The number of nitrogens with one attached hydrogen (secondary N) is 2. The van der Waals surface area contributed by atoms with E-state index < -0.39 is 0 Å². The van der Waals surface area contributed by atoms with E-state index >= 15 is 0 Å². The molecular formula is C20H15N5O2S2. The number of benzene rings is 1. The molecule has 0 spiro atoms. The van der Waals surface area contributed by atoms with Gasteiger partial charge in [-0.15, -0.1) is 21.5 Å². The summed E-state index contributed by atoms with van der Waals surface area (Å²) in [5, 5.41) is 16.9. The third kappa shape index (κ3) is 3.82. The molecule has 4 heterocycles. The Labute approximate surface area is 173 Å². The SMILES string of the molecule is O=C(CCc1nnc(-c2ccsc2)o1)Nc1ccc2nc(-c3cccs3)[nH]c2c1. The monoisotopic (exact) mass is 421 g/mol. The molecule has 0 saturated heterocycles. The number of aromatic amines is 1. The number of H-pyrrole nitrogens is 1. The number of carbonyl (C=O) groups is 1. The molecule has 1 aromatic carbocycles. The number of anilines is 1. The maximum Gasteiger partial charge on any atom is 0.248 e. The van der Waals surface area contributed by atoms with Crippen LogP contribution in [0.4, 0.5) is 5.69 Å². The third-order valence-corrected chi connectivity index (χ3v) is 5.88. The predicted octanol–water partition coefficient (Wildman–Crippen LogP) is 4.97. The van der Waals surface area contributed by atoms with E-state index in [1.807, 2.05) is 52.5 Å². The predicted molar refractivity (Wildman–Crippen MR) is 114 cm³/mol. The number of carbonyl (C=O) groups excluding carboxylic acids is 1. The second-order valence-electron chi connectivity index (χ2n) is 6.36. The van der Waals surface area contributed by atoms with Gasteiger partial charge in [0.05, 0.1) is 15.9 Å². The van der Waals surface area contributed by atoms with Crippen LogP contribution in [-0.2, 0) is 11.2 Å². The van der Waals surface area contributed by atoms with Crippen molar-refractivity contribution in [2.75, 3.05) is 5.32 Å². The topological polar surface area (TPSA) is 96.7 Å². The van der Waals surface area contributed by atoms with Crippen LogP contribution in [0, 0.1) is 0 Å². The number of imidazole rings is 1. The molecule has 0 aliphatic heterocycles. The quantitative estimate of drug-likeness (QED) is 0.403. The molecule has 0 aliphatic carbocycles. The zero-order valence-corrected chi connectivity index (χ0v) is 16.7. The van der Waals surface area contributed by atoms with Crippen LogP contribution in [0.15, 0.2) is 57.0 Å². The molecule has 0 unspecified atom stereocenters. The fraction of sp³-hybridized carbons (Fsp3) is 0.100. The number of hydrogen-bond donors (Lipinski definition) is 2. The summed E-state index contributed by atoms with van der Waals surface area (Å²) < 4.78 is 5.62. The fourth-order valence-corrected chi connectivity index (χ4v) is 4.22. The molecule has 144 valence electrons. The molecule has 7 nitrogen and oxygen atoms in total. The van der Waals surface area contributed by atoms with Gasteiger partial charge in [-0.2, -0.15) is 11.3 Å². The van der Waals surface area contributed by atoms with Crippen LogP contribution < -0.4 is 5.32 Å². The number of rotatable bonds is 6. The molecule has 0 fully saturated rings. The third-order valence-electron chi connectivity index (χ3n) is 4.32. The lowest BCUT2D eigenvalue weighted by Gasteiger charge is -2.04. The van der Waals surface area contributed by atoms with Gasteiger partial charge < -0.3 is 14.7 Å². The Bertz CT molecular complexity index is 1260. The first-order valence-electron chi connectivity index (χ1n) is 8.93. The number of thiophene rings is 2. The van der Waals surface area contributed by atoms with Crippen molar-refractivity contribution in [3.8, 4) is 22.2 Å². The minimum atomic E-state index is -0.113. The highest BCUT2D eigenvalue weighted by molar-refractivity contribution is 7.13. The molecule has 2 N–H and O–H groups in total. The highest BCUT2D eigenvalue weighted by atomic mass is 32.1. The Hall–Kier alpha value is -3.30. The van der Waals surface area contributed by atoms with Crippen LogP contribution in [0.5, 0.6) is 0 Å². The lowest BCUT2D eigenvalue weighted by atomic mass is 10.2. The Kier molecular flexibility index (Phi) is 4.66. The van der Waals surface area contributed by atoms with Gasteiger partial charge in [-0.3, -0.25) is 4.79 Å². The zero-order valence-electron chi connectivity index (χ0n) is 15.1. The first-order valence-corrected chi connectivity index (χ1v) is 10.8. The molecule has 0 aliphatic rings. The van der Waals surface area contributed by atoms with Crippen LogP contribution >= 0.6 is 22.7 Å². The molecule has 1 amide bonds. The highest BCUT2D eigenvalue weighted by Crippen LogP contribution is 2.26. The molecule has 5 rings (SSSR count). The van der Waals surface area contributed by atoms with E-state index in [1.165, 1.54) is 0 Å². The van der Waals surface area contributed by atoms with E-state index in [0.717, 1.165) is 27.3 Å². The van der Waals surface area contributed by atoms with Crippen LogP contribution in [0.25, 0.3) is 33.2 Å². The van der Waals surface area contributed by atoms with Crippen molar-refractivity contribution in [3.05, 3.63) is 58.4 Å². The van der Waals surface area contributed by atoms with E-state index in [1.54, 1.807) is 22.7 Å². The maximum absolute atomic E-state index is 12.3. The Morgan fingerprint density at radius 3 is 2.97 bits per heavy atom. The standard InChI is InChI=1S/C20H15N5O2S2/c26-17(5-6-18-24-25-20(27-18)12-7-9-28-11-12)21-13-3-4-14-15(10-13)23-19(22-14)16-2-1-8-29-16/h1-4,7-11H,5-6H2,(H,21,26)(H,22,23). The first-order chi connectivity index (χ1) is 14.2. The van der Waals surface area contributed by atoms with E-state index in [0.29, 0.717) is 23.9 Å². The van der Waals surface area contributed by atoms with Gasteiger partial charge >= 0.3 is 0 Å². The molecule has 4 aromatic heterocycles. The summed E-state index contributed by atoms with van der Waals surface area (Å²) in [4.78, 5) is 21.3. The summed E-state index contributed by atoms with van der Waals surface area (Å²) in [6.07, 6.45) is 0.643. The lowest BCUT2D eigenvalue weighted by molar-refractivity contribution is -0.116. The zero-order chi connectivity index (χ0) is 19.6. The largest absolute Gasteiger partial charge is 0.421 e. The van der Waals surface area contributed by atoms with Gasteiger partial charge in [0.1, 0.15) is 5.82 Å². The Balaban J connectivity index is 1.23. The molecular weight excluding hydrogens is 406 g/mol. The second kappa shape index (κ2) is 7.61. The normalized spacial score (nSPS) is 11.2. The van der Waals surface area contributed by atoms with Crippen molar-refractivity contribution < 1.29 is 9.21 Å². The van der Waals surface area contributed by atoms with E-state index in [9.17, 15) is 4.79 Å². The van der Waals surface area contributed by atoms with Crippen molar-refractivity contribution in [2.45, 2.75) is 12.8 Å². The number of nitrogens with zero attached hydrogens (tertiary/aromatic N) is 3. The van der Waals surface area contributed by atoms with Gasteiger partial charge in [0, 0.05) is 29.5 Å². The summed E-state index contributed by atoms with van der Waals surface area (Å²) in [7, 11) is 0. The second-order valence-corrected chi connectivity index (χ2v) is 8.08. The average molecular weight is 422 g/mol. The van der Waals surface area contributed by atoms with Crippen LogP contribution in [0.3, 0.4) is 0 Å². The molecule has 9 heteroatoms. The van der Waals surface area contributed by atoms with E-state index in [-0.39, 0.29) is 12.3 Å². The fourth-order valence-electron chi connectivity index (χ4n) is 2.92. The lowest BCUT2D eigenvalue weighted by Crippen LogP contribution is -2.12. The molecule has 0 bridgehead atoms. The summed E-state index contributed by atoms with van der Waals surface area (Å²) in [6, 6.07) is 11.6. The molecule has 0 radical (unpaired) electrons. The number of aryl methyl sites for hydroxylation is 1. The molecule has 0 saturated carbocycles. The van der Waals surface area contributed by atoms with E-state index in [2.05, 4.69) is 25.5 Å². The Morgan fingerprint density at radius 1 is 1.17 bits per heavy atom. The van der Waals surface area contributed by atoms with Gasteiger partial charge in [0.25, 0.3) is 0 Å². The van der Waals surface area contributed by atoms with Crippen molar-refractivity contribution in [1.82, 2.24) is 20.2 Å². The van der Waals surface area contributed by atoms with E-state index in [4.69, 9.17) is 4.42 Å². The summed E-state index contributed by atoms with van der Waals surface area (Å²) in [5.74, 6) is 1.65. The molecule has 29 heavy (non-hydrogen) atoms. The van der Waals surface area contributed by atoms with Crippen molar-refractivity contribution >= 4 is 45.3 Å². The number of fused-ring (bicyclic) bond motifs is 1. The van der Waals surface area contributed by atoms with Crippen molar-refractivity contribution in [2.24, 2.45) is 0 Å². The van der Waals surface area contributed by atoms with Gasteiger partial charge in [0.15, 0.2) is 0 Å². The smallest absolute Gasteiger partial charge is 0.248 e. The minimum Gasteiger partial charge on any atom is -0.421 e. The number of hydrogen-bond acceptors (Lipinski definition) is 7. The van der Waals surface area contributed by atoms with Gasteiger partial charge in [-0.25, -0.2) is 4.98 Å². The number of amides is 1. The average Bonchev–Trinajstić information content (AvgIpc) is 3.52. The van der Waals surface area contributed by atoms with Crippen LogP contribution in [0.2, 0.25) is 0 Å². The highest BCUT2D eigenvalue weighted by Gasteiger charge is 2.12. The maximum atomic E-state index is 12.3. The van der Waals surface area contributed by atoms with Crippen molar-refractivity contribution in [3.63, 3.8) is 0 Å². The van der Waals surface area contributed by atoms with Crippen LogP contribution in [-0.4, -0.2) is 26.1 Å². The molecule has 5 aromatic rings. The summed E-state index contributed by atoms with van der Waals surface area (Å²) >= 11 is 3.19. The van der Waals surface area contributed by atoms with Gasteiger partial charge in [-0.05, 0) is 41.1 Å².